The highest BCUT2D eigenvalue weighted by Gasteiger charge is 2.20. The molecule has 1 aliphatic rings. The van der Waals surface area contributed by atoms with E-state index in [1.165, 1.54) is 0 Å². The number of likely N-dealkylation sites (N-methyl/N-ethyl adjacent to an activating group) is 1. The van der Waals surface area contributed by atoms with Crippen LogP contribution in [0, 0.1) is 0 Å². The van der Waals surface area contributed by atoms with Gasteiger partial charge in [0.05, 0.1) is 13.1 Å². The first kappa shape index (κ1) is 15.9. The van der Waals surface area contributed by atoms with Gasteiger partial charge in [-0.1, -0.05) is 12.1 Å². The van der Waals surface area contributed by atoms with E-state index < -0.39 is 0 Å². The van der Waals surface area contributed by atoms with Crippen molar-refractivity contribution in [1.29, 1.82) is 0 Å². The molecule has 118 valence electrons. The summed E-state index contributed by atoms with van der Waals surface area (Å²) in [6.07, 6.45) is 1.89. The molecule has 1 aliphatic heterocycles. The molecule has 2 heterocycles. The van der Waals surface area contributed by atoms with Gasteiger partial charge in [0.1, 0.15) is 0 Å². The van der Waals surface area contributed by atoms with Crippen LogP contribution in [0.2, 0.25) is 0 Å². The van der Waals surface area contributed by atoms with Crippen LogP contribution in [0.5, 0.6) is 0 Å². The van der Waals surface area contributed by atoms with Gasteiger partial charge in [0.25, 0.3) is 0 Å². The third kappa shape index (κ3) is 5.09. The molecule has 2 rings (SSSR count). The molecule has 7 nitrogen and oxygen atoms in total. The summed E-state index contributed by atoms with van der Waals surface area (Å²) in [5.41, 5.74) is 0. The van der Waals surface area contributed by atoms with Crippen LogP contribution in [0.1, 0.15) is 32.0 Å². The van der Waals surface area contributed by atoms with Crippen LogP contribution in [0.15, 0.2) is 4.52 Å². The normalized spacial score (nSPS) is 17.0. The summed E-state index contributed by atoms with van der Waals surface area (Å²) in [6.45, 7) is 9.55. The summed E-state index contributed by atoms with van der Waals surface area (Å²) in [7, 11) is 0. The van der Waals surface area contributed by atoms with E-state index in [2.05, 4.69) is 32.2 Å². The third-order valence-electron chi connectivity index (χ3n) is 3.55. The Bertz CT molecular complexity index is 440. The smallest absolute Gasteiger partial charge is 0.240 e. The zero-order valence-electron chi connectivity index (χ0n) is 13.0. The first-order chi connectivity index (χ1) is 10.2. The molecule has 1 N–H and O–H groups in total. The van der Waals surface area contributed by atoms with E-state index in [9.17, 15) is 4.79 Å². The molecule has 0 saturated carbocycles. The number of carbonyl (C=O) groups excluding carboxylic acids is 1. The molecule has 0 spiro atoms. The summed E-state index contributed by atoms with van der Waals surface area (Å²) in [4.78, 5) is 20.4. The third-order valence-corrected chi connectivity index (χ3v) is 3.55. The van der Waals surface area contributed by atoms with Crippen molar-refractivity contribution in [1.82, 2.24) is 25.3 Å². The summed E-state index contributed by atoms with van der Waals surface area (Å²) >= 11 is 0. The highest BCUT2D eigenvalue weighted by molar-refractivity contribution is 5.77. The molecule has 1 saturated heterocycles. The molecule has 7 heteroatoms. The number of hydrogen-bond donors (Lipinski definition) is 1. The number of hydrogen-bond acceptors (Lipinski definition) is 6. The van der Waals surface area contributed by atoms with E-state index in [1.54, 1.807) is 0 Å². The molecule has 0 aliphatic carbocycles. The molecular weight excluding hydrogens is 270 g/mol. The lowest BCUT2D eigenvalue weighted by atomic mass is 10.3. The van der Waals surface area contributed by atoms with Crippen molar-refractivity contribution in [2.45, 2.75) is 33.2 Å². The van der Waals surface area contributed by atoms with Crippen LogP contribution < -0.4 is 5.32 Å². The lowest BCUT2D eigenvalue weighted by Crippen LogP contribution is -2.49. The molecule has 1 amide bonds. The molecule has 0 radical (unpaired) electrons. The average Bonchev–Trinajstić information content (AvgIpc) is 2.89. The fourth-order valence-electron chi connectivity index (χ4n) is 2.43. The molecule has 1 aromatic heterocycles. The topological polar surface area (TPSA) is 74.5 Å². The van der Waals surface area contributed by atoms with Crippen molar-refractivity contribution < 1.29 is 9.32 Å². The molecule has 0 unspecified atom stereocenters. The lowest BCUT2D eigenvalue weighted by molar-refractivity contribution is -0.122. The van der Waals surface area contributed by atoms with Gasteiger partial charge in [-0.2, -0.15) is 4.98 Å². The van der Waals surface area contributed by atoms with E-state index in [1.807, 2.05) is 6.92 Å². The number of amides is 1. The minimum absolute atomic E-state index is 0.104. The van der Waals surface area contributed by atoms with Gasteiger partial charge in [0, 0.05) is 39.1 Å². The molecule has 0 atom stereocenters. The second-order valence-corrected chi connectivity index (χ2v) is 5.36. The van der Waals surface area contributed by atoms with Gasteiger partial charge >= 0.3 is 0 Å². The number of aryl methyl sites for hydroxylation is 1. The van der Waals surface area contributed by atoms with Crippen LogP contribution in [-0.2, 0) is 17.8 Å². The van der Waals surface area contributed by atoms with Gasteiger partial charge < -0.3 is 9.84 Å². The monoisotopic (exact) mass is 295 g/mol. The Labute approximate surface area is 125 Å². The van der Waals surface area contributed by atoms with Crippen LogP contribution in [0.4, 0.5) is 0 Å². The van der Waals surface area contributed by atoms with Gasteiger partial charge in [-0.25, -0.2) is 0 Å². The standard InChI is InChI=1S/C14H25N5O2/c1-3-5-12-16-14(21-17-12)11-19-8-6-18(7-9-19)10-13(20)15-4-2/h3-11H2,1-2H3,(H,15,20). The molecule has 0 bridgehead atoms. The average molecular weight is 295 g/mol. The lowest BCUT2D eigenvalue weighted by Gasteiger charge is -2.33. The maximum Gasteiger partial charge on any atom is 0.240 e. The number of rotatable bonds is 7. The van der Waals surface area contributed by atoms with E-state index in [-0.39, 0.29) is 5.91 Å². The highest BCUT2D eigenvalue weighted by Crippen LogP contribution is 2.08. The predicted molar refractivity (Wildman–Crippen MR) is 78.7 cm³/mol. The number of nitrogens with zero attached hydrogens (tertiary/aromatic N) is 4. The van der Waals surface area contributed by atoms with Gasteiger partial charge in [-0.3, -0.25) is 14.6 Å². The van der Waals surface area contributed by atoms with Crippen molar-refractivity contribution in [2.24, 2.45) is 0 Å². The molecule has 1 aromatic rings. The Balaban J connectivity index is 1.72. The summed E-state index contributed by atoms with van der Waals surface area (Å²) in [5.74, 6) is 1.59. The van der Waals surface area contributed by atoms with Crippen LogP contribution in [0.25, 0.3) is 0 Å². The fraction of sp³-hybridized carbons (Fsp3) is 0.786. The fourth-order valence-corrected chi connectivity index (χ4v) is 2.43. The van der Waals surface area contributed by atoms with E-state index in [4.69, 9.17) is 4.52 Å². The van der Waals surface area contributed by atoms with Gasteiger partial charge in [-0.15, -0.1) is 0 Å². The van der Waals surface area contributed by atoms with Crippen molar-refractivity contribution >= 4 is 5.91 Å². The van der Waals surface area contributed by atoms with E-state index in [0.717, 1.165) is 44.8 Å². The SMILES string of the molecule is CCCc1noc(CN2CCN(CC(=O)NCC)CC2)n1. The van der Waals surface area contributed by atoms with Crippen LogP contribution >= 0.6 is 0 Å². The van der Waals surface area contributed by atoms with E-state index >= 15 is 0 Å². The number of piperazine rings is 1. The largest absolute Gasteiger partial charge is 0.355 e. The molecular formula is C14H25N5O2. The Kier molecular flexibility index (Phi) is 6.13. The minimum atomic E-state index is 0.104. The number of nitrogens with one attached hydrogen (secondary N) is 1. The van der Waals surface area contributed by atoms with E-state index in [0.29, 0.717) is 25.5 Å². The zero-order chi connectivity index (χ0) is 15.1. The molecule has 1 fully saturated rings. The first-order valence-corrected chi connectivity index (χ1v) is 7.74. The summed E-state index contributed by atoms with van der Waals surface area (Å²) in [5, 5.41) is 6.80. The maximum atomic E-state index is 11.5. The first-order valence-electron chi connectivity index (χ1n) is 7.74. The Morgan fingerprint density at radius 3 is 2.62 bits per heavy atom. The molecule has 21 heavy (non-hydrogen) atoms. The predicted octanol–water partition coefficient (Wildman–Crippen LogP) is 0.276. The summed E-state index contributed by atoms with van der Waals surface area (Å²) < 4.78 is 5.26. The summed E-state index contributed by atoms with van der Waals surface area (Å²) in [6, 6.07) is 0. The number of carbonyl (C=O) groups is 1. The van der Waals surface area contributed by atoms with Crippen molar-refractivity contribution in [2.75, 3.05) is 39.3 Å². The van der Waals surface area contributed by atoms with Crippen molar-refractivity contribution in [3.05, 3.63) is 11.7 Å². The maximum absolute atomic E-state index is 11.5. The Morgan fingerprint density at radius 1 is 1.24 bits per heavy atom. The van der Waals surface area contributed by atoms with Crippen LogP contribution in [0.3, 0.4) is 0 Å². The quantitative estimate of drug-likeness (QED) is 0.778. The minimum Gasteiger partial charge on any atom is -0.355 e. The van der Waals surface area contributed by atoms with Crippen molar-refractivity contribution in [3.8, 4) is 0 Å². The Hall–Kier alpha value is -1.47. The second-order valence-electron chi connectivity index (χ2n) is 5.36. The number of aromatic nitrogens is 2. The van der Waals surface area contributed by atoms with Gasteiger partial charge in [0.15, 0.2) is 5.82 Å². The molecule has 0 aromatic carbocycles. The van der Waals surface area contributed by atoms with Gasteiger partial charge in [-0.05, 0) is 13.3 Å². The zero-order valence-corrected chi connectivity index (χ0v) is 13.0. The second kappa shape index (κ2) is 8.09. The van der Waals surface area contributed by atoms with Crippen molar-refractivity contribution in [3.63, 3.8) is 0 Å². The Morgan fingerprint density at radius 2 is 1.95 bits per heavy atom. The van der Waals surface area contributed by atoms with Gasteiger partial charge in [0.2, 0.25) is 11.8 Å². The highest BCUT2D eigenvalue weighted by atomic mass is 16.5. The van der Waals surface area contributed by atoms with Crippen LogP contribution in [-0.4, -0.2) is 65.1 Å².